The predicted octanol–water partition coefficient (Wildman–Crippen LogP) is 3.85. The number of hydrogen-bond acceptors (Lipinski definition) is 4. The molecule has 1 aromatic heterocycles. The molecule has 2 aromatic rings. The molecule has 0 spiro atoms. The second-order valence-electron chi connectivity index (χ2n) is 4.67. The number of fused-ring (bicyclic) bond motifs is 1. The van der Waals surface area contributed by atoms with Crippen LogP contribution < -0.4 is 9.47 Å². The molecule has 0 fully saturated rings. The van der Waals surface area contributed by atoms with Crippen molar-refractivity contribution in [3.63, 3.8) is 0 Å². The predicted molar refractivity (Wildman–Crippen MR) is 78.4 cm³/mol. The molecule has 0 saturated heterocycles. The molecule has 0 unspecified atom stereocenters. The lowest BCUT2D eigenvalue weighted by Crippen LogP contribution is -1.94. The van der Waals surface area contributed by atoms with E-state index in [1.165, 1.54) is 6.08 Å². The molecule has 1 aliphatic heterocycles. The molecule has 0 radical (unpaired) electrons. The van der Waals surface area contributed by atoms with Crippen molar-refractivity contribution in [1.29, 1.82) is 0 Å². The number of furan rings is 1. The molecule has 0 amide bonds. The van der Waals surface area contributed by atoms with Gasteiger partial charge in [-0.1, -0.05) is 6.08 Å². The number of rotatable bonds is 4. The van der Waals surface area contributed by atoms with Gasteiger partial charge >= 0.3 is 0 Å². The van der Waals surface area contributed by atoms with E-state index in [0.29, 0.717) is 17.1 Å². The number of hydrogen-bond donors (Lipinski definition) is 0. The Labute approximate surface area is 122 Å². The lowest BCUT2D eigenvalue weighted by molar-refractivity contribution is 0.104. The number of ether oxygens (including phenoxy) is 2. The van der Waals surface area contributed by atoms with Gasteiger partial charge in [-0.2, -0.15) is 0 Å². The molecule has 0 N–H and O–H groups in total. The van der Waals surface area contributed by atoms with Gasteiger partial charge in [-0.3, -0.25) is 4.79 Å². The fourth-order valence-electron chi connectivity index (χ4n) is 2.00. The fraction of sp³-hybridized carbons (Fsp3) is 0.118. The first kappa shape index (κ1) is 13.2. The van der Waals surface area contributed by atoms with Crippen molar-refractivity contribution in [2.75, 3.05) is 6.79 Å². The summed E-state index contributed by atoms with van der Waals surface area (Å²) in [7, 11) is 0. The topological polar surface area (TPSA) is 48.7 Å². The second-order valence-corrected chi connectivity index (χ2v) is 4.67. The lowest BCUT2D eigenvalue weighted by atomic mass is 10.1. The third kappa shape index (κ3) is 3.05. The lowest BCUT2D eigenvalue weighted by Gasteiger charge is -1.99. The van der Waals surface area contributed by atoms with E-state index in [2.05, 4.69) is 0 Å². The Morgan fingerprint density at radius 3 is 2.81 bits per heavy atom. The van der Waals surface area contributed by atoms with Gasteiger partial charge in [0.05, 0.1) is 6.26 Å². The Morgan fingerprint density at radius 1 is 1.14 bits per heavy atom. The summed E-state index contributed by atoms with van der Waals surface area (Å²) in [5, 5.41) is 0. The Balaban J connectivity index is 1.72. The van der Waals surface area contributed by atoms with Gasteiger partial charge in [-0.15, -0.1) is 0 Å². The maximum atomic E-state index is 12.1. The average Bonchev–Trinajstić information content (AvgIpc) is 3.14. The Bertz CT molecular complexity index is 708. The van der Waals surface area contributed by atoms with E-state index in [9.17, 15) is 4.79 Å². The SMILES string of the molecule is CC(/C=C/C(=O)c1ccc2c(c1)OCO2)=C\c1ccco1. The summed E-state index contributed by atoms with van der Waals surface area (Å²) in [6, 6.07) is 8.85. The Hall–Kier alpha value is -2.75. The monoisotopic (exact) mass is 282 g/mol. The molecule has 1 aliphatic rings. The van der Waals surface area contributed by atoms with Crippen LogP contribution in [-0.4, -0.2) is 12.6 Å². The smallest absolute Gasteiger partial charge is 0.231 e. The molecule has 0 bridgehead atoms. The van der Waals surface area contributed by atoms with Gasteiger partial charge in [0.15, 0.2) is 17.3 Å². The minimum absolute atomic E-state index is 0.0829. The summed E-state index contributed by atoms with van der Waals surface area (Å²) < 4.78 is 15.7. The number of ketones is 1. The van der Waals surface area contributed by atoms with Crippen molar-refractivity contribution in [2.45, 2.75) is 6.92 Å². The van der Waals surface area contributed by atoms with Crippen molar-refractivity contribution < 1.29 is 18.7 Å². The van der Waals surface area contributed by atoms with E-state index in [1.54, 1.807) is 30.5 Å². The molecular weight excluding hydrogens is 268 g/mol. The van der Waals surface area contributed by atoms with Crippen molar-refractivity contribution in [1.82, 2.24) is 0 Å². The van der Waals surface area contributed by atoms with Crippen LogP contribution in [0.2, 0.25) is 0 Å². The van der Waals surface area contributed by atoms with E-state index in [4.69, 9.17) is 13.9 Å². The Morgan fingerprint density at radius 2 is 2.00 bits per heavy atom. The Kier molecular flexibility index (Phi) is 3.60. The van der Waals surface area contributed by atoms with Crippen molar-refractivity contribution in [3.8, 4) is 11.5 Å². The first-order valence-corrected chi connectivity index (χ1v) is 6.56. The van der Waals surface area contributed by atoms with Crippen LogP contribution in [0.4, 0.5) is 0 Å². The van der Waals surface area contributed by atoms with Gasteiger partial charge < -0.3 is 13.9 Å². The third-order valence-corrected chi connectivity index (χ3v) is 3.07. The average molecular weight is 282 g/mol. The quantitative estimate of drug-likeness (QED) is 0.485. The van der Waals surface area contributed by atoms with Crippen molar-refractivity contribution in [2.24, 2.45) is 0 Å². The zero-order chi connectivity index (χ0) is 14.7. The first-order chi connectivity index (χ1) is 10.2. The zero-order valence-corrected chi connectivity index (χ0v) is 11.5. The van der Waals surface area contributed by atoms with Crippen LogP contribution >= 0.6 is 0 Å². The summed E-state index contributed by atoms with van der Waals surface area (Å²) in [5.74, 6) is 1.95. The number of allylic oxidation sites excluding steroid dienone is 3. The third-order valence-electron chi connectivity index (χ3n) is 3.07. The molecule has 0 saturated carbocycles. The molecule has 4 heteroatoms. The largest absolute Gasteiger partial charge is 0.465 e. The van der Waals surface area contributed by atoms with Gasteiger partial charge in [-0.25, -0.2) is 0 Å². The van der Waals surface area contributed by atoms with Crippen LogP contribution in [0.5, 0.6) is 11.5 Å². The fourth-order valence-corrected chi connectivity index (χ4v) is 2.00. The normalized spacial score (nSPS) is 13.9. The van der Waals surface area contributed by atoms with Crippen LogP contribution in [0.3, 0.4) is 0 Å². The maximum absolute atomic E-state index is 12.1. The van der Waals surface area contributed by atoms with Gasteiger partial charge in [0.25, 0.3) is 0 Å². The van der Waals surface area contributed by atoms with Crippen LogP contribution in [0.15, 0.2) is 58.7 Å². The van der Waals surface area contributed by atoms with Gasteiger partial charge in [-0.05, 0) is 55.0 Å². The summed E-state index contributed by atoms with van der Waals surface area (Å²) in [4.78, 5) is 12.1. The number of carbonyl (C=O) groups is 1. The molecule has 0 atom stereocenters. The molecule has 1 aromatic carbocycles. The molecule has 2 heterocycles. The van der Waals surface area contributed by atoms with E-state index >= 15 is 0 Å². The van der Waals surface area contributed by atoms with Crippen molar-refractivity contribution in [3.05, 3.63) is 65.6 Å². The molecule has 3 rings (SSSR count). The van der Waals surface area contributed by atoms with E-state index in [1.807, 2.05) is 25.1 Å². The highest BCUT2D eigenvalue weighted by Crippen LogP contribution is 2.32. The van der Waals surface area contributed by atoms with Crippen LogP contribution in [0, 0.1) is 0 Å². The minimum atomic E-state index is -0.0829. The standard InChI is InChI=1S/C17H14O4/c1-12(9-14-3-2-8-19-14)4-6-15(18)13-5-7-16-17(10-13)21-11-20-16/h2-10H,11H2,1H3/b6-4+,12-9+. The summed E-state index contributed by atoms with van der Waals surface area (Å²) in [5.41, 5.74) is 1.50. The summed E-state index contributed by atoms with van der Waals surface area (Å²) >= 11 is 0. The summed E-state index contributed by atoms with van der Waals surface area (Å²) in [6.07, 6.45) is 6.77. The van der Waals surface area contributed by atoms with Gasteiger partial charge in [0, 0.05) is 5.56 Å². The van der Waals surface area contributed by atoms with Gasteiger partial charge in [0.2, 0.25) is 6.79 Å². The molecule has 4 nitrogen and oxygen atoms in total. The van der Waals surface area contributed by atoms with E-state index < -0.39 is 0 Å². The second kappa shape index (κ2) is 5.71. The zero-order valence-electron chi connectivity index (χ0n) is 11.5. The van der Waals surface area contributed by atoms with Crippen LogP contribution in [0.25, 0.3) is 6.08 Å². The molecule has 0 aliphatic carbocycles. The maximum Gasteiger partial charge on any atom is 0.231 e. The van der Waals surface area contributed by atoms with Crippen molar-refractivity contribution >= 4 is 11.9 Å². The highest BCUT2D eigenvalue weighted by Gasteiger charge is 2.14. The van der Waals surface area contributed by atoms with Crippen LogP contribution in [0.1, 0.15) is 23.0 Å². The highest BCUT2D eigenvalue weighted by atomic mass is 16.7. The summed E-state index contributed by atoms with van der Waals surface area (Å²) in [6.45, 7) is 2.11. The van der Waals surface area contributed by atoms with Crippen LogP contribution in [-0.2, 0) is 0 Å². The van der Waals surface area contributed by atoms with E-state index in [-0.39, 0.29) is 12.6 Å². The molecular formula is C17H14O4. The minimum Gasteiger partial charge on any atom is -0.465 e. The van der Waals surface area contributed by atoms with E-state index in [0.717, 1.165) is 11.3 Å². The highest BCUT2D eigenvalue weighted by molar-refractivity contribution is 6.05. The molecule has 21 heavy (non-hydrogen) atoms. The number of carbonyl (C=O) groups excluding carboxylic acids is 1. The van der Waals surface area contributed by atoms with Gasteiger partial charge in [0.1, 0.15) is 5.76 Å². The number of benzene rings is 1. The first-order valence-electron chi connectivity index (χ1n) is 6.56. The molecule has 106 valence electrons.